The minimum Gasteiger partial charge on any atom is -0.355 e. The summed E-state index contributed by atoms with van der Waals surface area (Å²) in [7, 11) is 0.973. The van der Waals surface area contributed by atoms with Gasteiger partial charge >= 0.3 is 0 Å². The highest BCUT2D eigenvalue weighted by Crippen LogP contribution is 2.62. The van der Waals surface area contributed by atoms with Gasteiger partial charge in [-0.1, -0.05) is 167 Å². The molecule has 6 aromatic carbocycles. The van der Waals surface area contributed by atoms with Gasteiger partial charge in [0.05, 0.1) is 0 Å². The first-order chi connectivity index (χ1) is 25.5. The third kappa shape index (κ3) is 5.77. The highest BCUT2D eigenvalue weighted by molar-refractivity contribution is 6.70. The Morgan fingerprint density at radius 1 is 0.660 bits per heavy atom. The first kappa shape index (κ1) is 34.0. The molecule has 0 saturated heterocycles. The Hall–Kier alpha value is -4.82. The predicted molar refractivity (Wildman–Crippen MR) is 229 cm³/mol. The molecule has 1 saturated carbocycles. The van der Waals surface area contributed by atoms with E-state index in [0.29, 0.717) is 5.92 Å². The van der Waals surface area contributed by atoms with E-state index in [-0.39, 0.29) is 16.2 Å². The lowest BCUT2D eigenvalue weighted by Crippen LogP contribution is -2.54. The van der Waals surface area contributed by atoms with E-state index in [1.165, 1.54) is 82.1 Å². The predicted octanol–water partition coefficient (Wildman–Crippen LogP) is 12.1. The van der Waals surface area contributed by atoms with Crippen molar-refractivity contribution < 1.29 is 0 Å². The zero-order valence-electron chi connectivity index (χ0n) is 32.4. The number of aryl methyl sites for hydroxylation is 1. The molecule has 3 unspecified atom stereocenters. The van der Waals surface area contributed by atoms with E-state index in [1.54, 1.807) is 22.2 Å². The molecule has 264 valence electrons. The van der Waals surface area contributed by atoms with Crippen LogP contribution in [0.4, 0.5) is 11.4 Å². The number of hydrogen-bond acceptors (Lipinski definition) is 1. The normalized spacial score (nSPS) is 21.5. The second-order valence-corrected chi connectivity index (χ2v) is 18.0. The van der Waals surface area contributed by atoms with Gasteiger partial charge in [-0.2, -0.15) is 0 Å². The molecular formula is C51H52BN. The summed E-state index contributed by atoms with van der Waals surface area (Å²) in [5, 5.41) is 3.90. The van der Waals surface area contributed by atoms with Crippen LogP contribution in [0, 0.1) is 12.3 Å². The molecule has 3 atom stereocenters. The van der Waals surface area contributed by atoms with E-state index in [1.807, 2.05) is 0 Å². The van der Waals surface area contributed by atoms with Crippen molar-refractivity contribution in [2.75, 3.05) is 5.32 Å². The molecule has 6 aromatic rings. The molecule has 2 aliphatic carbocycles. The number of rotatable bonds is 5. The minimum absolute atomic E-state index is 0.0907. The summed E-state index contributed by atoms with van der Waals surface area (Å²) in [5.74, 6) is 0.423. The van der Waals surface area contributed by atoms with Gasteiger partial charge in [-0.3, -0.25) is 0 Å². The average molecular weight is 690 g/mol. The summed E-state index contributed by atoms with van der Waals surface area (Å²) < 4.78 is 0. The number of hydrogen-bond donors (Lipinski definition) is 1. The van der Waals surface area contributed by atoms with Gasteiger partial charge in [-0.15, -0.1) is 0 Å². The molecule has 0 spiro atoms. The molecule has 3 aliphatic rings. The van der Waals surface area contributed by atoms with Crippen LogP contribution in [0.25, 0.3) is 33.4 Å². The van der Waals surface area contributed by atoms with E-state index in [9.17, 15) is 0 Å². The van der Waals surface area contributed by atoms with Crippen LogP contribution in [0.15, 0.2) is 127 Å². The fourth-order valence-electron chi connectivity index (χ4n) is 10.3. The van der Waals surface area contributed by atoms with E-state index in [4.69, 9.17) is 0 Å². The Kier molecular flexibility index (Phi) is 8.11. The molecule has 1 aliphatic heterocycles. The van der Waals surface area contributed by atoms with Crippen molar-refractivity contribution in [3.63, 3.8) is 0 Å². The summed E-state index contributed by atoms with van der Waals surface area (Å²) >= 11 is 0. The molecule has 53 heavy (non-hydrogen) atoms. The van der Waals surface area contributed by atoms with Gasteiger partial charge in [0.25, 0.3) is 0 Å². The molecule has 0 radical (unpaired) electrons. The van der Waals surface area contributed by atoms with Crippen molar-refractivity contribution in [2.24, 2.45) is 5.41 Å². The van der Waals surface area contributed by atoms with Crippen LogP contribution >= 0.6 is 0 Å². The second kappa shape index (κ2) is 12.7. The molecule has 0 amide bonds. The molecule has 2 heteroatoms. The minimum atomic E-state index is 0.0907. The van der Waals surface area contributed by atoms with Crippen molar-refractivity contribution in [3.05, 3.63) is 155 Å². The quantitative estimate of drug-likeness (QED) is 0.178. The van der Waals surface area contributed by atoms with Crippen LogP contribution in [-0.2, 0) is 10.8 Å². The number of benzene rings is 6. The number of fused-ring (bicyclic) bond motifs is 4. The smallest absolute Gasteiger partial charge is 0.193 e. The lowest BCUT2D eigenvalue weighted by Gasteiger charge is -2.58. The van der Waals surface area contributed by atoms with Crippen molar-refractivity contribution >= 4 is 29.6 Å². The standard InChI is InChI=1S/C51H52BN/c1-33-27-41(40-29-37(35-17-11-8-12-18-35)21-24-46(40)53-39-22-19-36(20-23-39)34-15-9-7-10-16-34)48-42(28-33)43-32-50(5)25-13-14-26-51(50,6)44-30-38(49(2,3)4)31-45(52-48)47(43)44/h7-12,15-24,27-31,43,52-53H,13-14,25-26,32H2,1-6H3. The monoisotopic (exact) mass is 689 g/mol. The van der Waals surface area contributed by atoms with Gasteiger partial charge in [-0.25, -0.2) is 0 Å². The van der Waals surface area contributed by atoms with Gasteiger partial charge in [-0.05, 0) is 117 Å². The third-order valence-corrected chi connectivity index (χ3v) is 13.6. The summed E-state index contributed by atoms with van der Waals surface area (Å²) in [4.78, 5) is 0. The fraction of sp³-hybridized carbons (Fsp3) is 0.294. The molecule has 1 N–H and O–H groups in total. The highest BCUT2D eigenvalue weighted by atomic mass is 14.9. The Labute approximate surface area is 318 Å². The summed E-state index contributed by atoms with van der Waals surface area (Å²) in [6.45, 7) is 14.8. The third-order valence-electron chi connectivity index (χ3n) is 13.6. The van der Waals surface area contributed by atoms with Gasteiger partial charge in [0.1, 0.15) is 0 Å². The number of nitrogens with one attached hydrogen (secondary N) is 1. The van der Waals surface area contributed by atoms with Crippen LogP contribution in [0.3, 0.4) is 0 Å². The van der Waals surface area contributed by atoms with Crippen LogP contribution in [0.2, 0.25) is 0 Å². The second-order valence-electron chi connectivity index (χ2n) is 18.0. The van der Waals surface area contributed by atoms with Crippen LogP contribution in [0.5, 0.6) is 0 Å². The first-order valence-electron chi connectivity index (χ1n) is 19.9. The van der Waals surface area contributed by atoms with Crippen molar-refractivity contribution in [3.8, 4) is 33.4 Å². The maximum Gasteiger partial charge on any atom is 0.193 e. The van der Waals surface area contributed by atoms with Gasteiger partial charge in [0.15, 0.2) is 7.28 Å². The molecule has 1 fully saturated rings. The van der Waals surface area contributed by atoms with Gasteiger partial charge in [0.2, 0.25) is 0 Å². The van der Waals surface area contributed by atoms with Crippen LogP contribution in [-0.4, -0.2) is 7.28 Å². The van der Waals surface area contributed by atoms with Crippen molar-refractivity contribution in [1.82, 2.24) is 0 Å². The van der Waals surface area contributed by atoms with Crippen LogP contribution < -0.4 is 16.2 Å². The molecular weight excluding hydrogens is 637 g/mol. The summed E-state index contributed by atoms with van der Waals surface area (Å²) in [6, 6.07) is 47.7. The topological polar surface area (TPSA) is 12.0 Å². The van der Waals surface area contributed by atoms with Crippen molar-refractivity contribution in [2.45, 2.75) is 90.4 Å². The molecule has 0 aromatic heterocycles. The molecule has 1 heterocycles. The van der Waals surface area contributed by atoms with Gasteiger partial charge < -0.3 is 5.32 Å². The Balaban J connectivity index is 1.22. The number of anilines is 2. The fourth-order valence-corrected chi connectivity index (χ4v) is 10.3. The lowest BCUT2D eigenvalue weighted by molar-refractivity contribution is 0.0602. The Morgan fingerprint density at radius 2 is 1.30 bits per heavy atom. The van der Waals surface area contributed by atoms with Gasteiger partial charge in [0, 0.05) is 22.9 Å². The van der Waals surface area contributed by atoms with E-state index in [2.05, 4.69) is 174 Å². The zero-order chi connectivity index (χ0) is 36.5. The Bertz CT molecular complexity index is 2330. The Morgan fingerprint density at radius 3 is 2.00 bits per heavy atom. The lowest BCUT2D eigenvalue weighted by atomic mass is 9.42. The highest BCUT2D eigenvalue weighted by Gasteiger charge is 2.54. The maximum atomic E-state index is 3.90. The molecule has 0 bridgehead atoms. The molecule has 9 rings (SSSR count). The molecule has 1 nitrogen and oxygen atoms in total. The summed E-state index contributed by atoms with van der Waals surface area (Å²) in [6.07, 6.45) is 6.54. The van der Waals surface area contributed by atoms with E-state index >= 15 is 0 Å². The van der Waals surface area contributed by atoms with E-state index < -0.39 is 0 Å². The van der Waals surface area contributed by atoms with Crippen molar-refractivity contribution in [1.29, 1.82) is 0 Å². The van der Waals surface area contributed by atoms with E-state index in [0.717, 1.165) is 18.7 Å². The first-order valence-corrected chi connectivity index (χ1v) is 19.9. The summed E-state index contributed by atoms with van der Waals surface area (Å²) in [5.41, 5.74) is 21.3. The largest absolute Gasteiger partial charge is 0.355 e. The van der Waals surface area contributed by atoms with Crippen LogP contribution in [0.1, 0.15) is 100 Å². The zero-order valence-corrected chi connectivity index (χ0v) is 32.4. The SMILES string of the molecule is Cc1cc(-c2cc(-c3ccccc3)ccc2Nc2ccc(-c3ccccc3)cc2)c2c(c1)C1CC3(C)CCCCC3(C)c3cc(C(C)(C)C)cc(c31)B2. The maximum absolute atomic E-state index is 3.90. The average Bonchev–Trinajstić information content (AvgIpc) is 3.16.